The maximum atomic E-state index is 11.9. The van der Waals surface area contributed by atoms with Gasteiger partial charge in [0.15, 0.2) is 0 Å². The van der Waals surface area contributed by atoms with E-state index in [9.17, 15) is 4.79 Å². The molecule has 2 rings (SSSR count). The Kier molecular flexibility index (Phi) is 4.50. The van der Waals surface area contributed by atoms with Crippen molar-refractivity contribution in [3.63, 3.8) is 0 Å². The normalized spacial score (nSPS) is 10.5. The zero-order valence-electron chi connectivity index (χ0n) is 11.6. The summed E-state index contributed by atoms with van der Waals surface area (Å²) in [6, 6.07) is 17.1. The highest BCUT2D eigenvalue weighted by molar-refractivity contribution is 5.95. The summed E-state index contributed by atoms with van der Waals surface area (Å²) in [5, 5.41) is 4.16. The van der Waals surface area contributed by atoms with Crippen molar-refractivity contribution in [2.45, 2.75) is 0 Å². The van der Waals surface area contributed by atoms with Crippen LogP contribution in [0.25, 0.3) is 0 Å². The van der Waals surface area contributed by atoms with Gasteiger partial charge in [-0.2, -0.15) is 5.10 Å². The first-order valence-corrected chi connectivity index (χ1v) is 6.32. The van der Waals surface area contributed by atoms with Crippen molar-refractivity contribution in [3.05, 3.63) is 65.7 Å². The van der Waals surface area contributed by atoms with E-state index in [-0.39, 0.29) is 5.91 Å². The summed E-state index contributed by atoms with van der Waals surface area (Å²) in [6.45, 7) is 0. The first-order chi connectivity index (χ1) is 9.66. The number of amides is 1. The summed E-state index contributed by atoms with van der Waals surface area (Å²) in [4.78, 5) is 13.4. The Morgan fingerprint density at radius 1 is 1.10 bits per heavy atom. The van der Waals surface area contributed by atoms with Crippen molar-refractivity contribution >= 4 is 17.8 Å². The first kappa shape index (κ1) is 13.8. The van der Waals surface area contributed by atoms with Gasteiger partial charge in [0.25, 0.3) is 5.91 Å². The molecule has 0 aliphatic rings. The first-order valence-electron chi connectivity index (χ1n) is 6.32. The molecule has 0 unspecified atom stereocenters. The van der Waals surface area contributed by atoms with E-state index >= 15 is 0 Å². The zero-order chi connectivity index (χ0) is 14.4. The number of nitrogens with one attached hydrogen (secondary N) is 1. The molecule has 2 aromatic rings. The van der Waals surface area contributed by atoms with E-state index in [1.165, 1.54) is 0 Å². The fraction of sp³-hybridized carbons (Fsp3) is 0.125. The number of nitrogens with zero attached hydrogens (tertiary/aromatic N) is 2. The number of hydrogen-bond donors (Lipinski definition) is 1. The minimum atomic E-state index is -0.0173. The van der Waals surface area contributed by atoms with Crippen molar-refractivity contribution in [3.8, 4) is 0 Å². The number of hydrogen-bond acceptors (Lipinski definition) is 3. The predicted octanol–water partition coefficient (Wildman–Crippen LogP) is 2.83. The summed E-state index contributed by atoms with van der Waals surface area (Å²) in [6.07, 6.45) is 1.69. The lowest BCUT2D eigenvalue weighted by atomic mass is 10.1. The highest BCUT2D eigenvalue weighted by Crippen LogP contribution is 2.07. The van der Waals surface area contributed by atoms with Gasteiger partial charge < -0.3 is 4.90 Å². The molecule has 0 aliphatic heterocycles. The average Bonchev–Trinajstić information content (AvgIpc) is 2.48. The topological polar surface area (TPSA) is 44.7 Å². The Bertz CT molecular complexity index is 606. The summed E-state index contributed by atoms with van der Waals surface area (Å²) in [5.74, 6) is -0.0173. The molecule has 0 aromatic heterocycles. The standard InChI is InChI=1S/C16H17N3O/c1-19(2)16(20)14-8-6-7-13(11-14)12-17-18-15-9-4-3-5-10-15/h3-12,18H,1-2H3. The van der Waals surface area contributed by atoms with Crippen LogP contribution >= 0.6 is 0 Å². The molecule has 0 heterocycles. The minimum Gasteiger partial charge on any atom is -0.345 e. The molecule has 20 heavy (non-hydrogen) atoms. The fourth-order valence-corrected chi connectivity index (χ4v) is 1.70. The third-order valence-corrected chi connectivity index (χ3v) is 2.72. The molecule has 102 valence electrons. The average molecular weight is 267 g/mol. The van der Waals surface area contributed by atoms with Crippen LogP contribution in [-0.4, -0.2) is 31.1 Å². The van der Waals surface area contributed by atoms with Crippen LogP contribution in [0, 0.1) is 0 Å². The maximum Gasteiger partial charge on any atom is 0.253 e. The summed E-state index contributed by atoms with van der Waals surface area (Å²) in [5.41, 5.74) is 5.39. The van der Waals surface area contributed by atoms with E-state index in [0.29, 0.717) is 5.56 Å². The van der Waals surface area contributed by atoms with E-state index in [0.717, 1.165) is 11.3 Å². The molecule has 1 N–H and O–H groups in total. The van der Waals surface area contributed by atoms with E-state index in [1.807, 2.05) is 48.5 Å². The van der Waals surface area contributed by atoms with Crippen molar-refractivity contribution in [2.24, 2.45) is 5.10 Å². The van der Waals surface area contributed by atoms with Crippen LogP contribution in [0.1, 0.15) is 15.9 Å². The molecule has 0 atom stereocenters. The van der Waals surface area contributed by atoms with Gasteiger partial charge in [0.05, 0.1) is 11.9 Å². The summed E-state index contributed by atoms with van der Waals surface area (Å²) < 4.78 is 0. The van der Waals surface area contributed by atoms with Crippen molar-refractivity contribution in [2.75, 3.05) is 19.5 Å². The van der Waals surface area contributed by atoms with Crippen LogP contribution < -0.4 is 5.43 Å². The van der Waals surface area contributed by atoms with Crippen LogP contribution in [0.5, 0.6) is 0 Å². The van der Waals surface area contributed by atoms with Gasteiger partial charge in [0.2, 0.25) is 0 Å². The maximum absolute atomic E-state index is 11.9. The van der Waals surface area contributed by atoms with E-state index in [4.69, 9.17) is 0 Å². The SMILES string of the molecule is CN(C)C(=O)c1cccc(C=NNc2ccccc2)c1. The fourth-order valence-electron chi connectivity index (χ4n) is 1.70. The van der Waals surface area contributed by atoms with Gasteiger partial charge in [-0.15, -0.1) is 0 Å². The Morgan fingerprint density at radius 3 is 2.55 bits per heavy atom. The molecule has 0 spiro atoms. The molecule has 1 amide bonds. The second-order valence-electron chi connectivity index (χ2n) is 4.56. The lowest BCUT2D eigenvalue weighted by Crippen LogP contribution is -2.21. The van der Waals surface area contributed by atoms with Crippen molar-refractivity contribution in [1.29, 1.82) is 0 Å². The van der Waals surface area contributed by atoms with Crippen molar-refractivity contribution < 1.29 is 4.79 Å². The molecule has 0 radical (unpaired) electrons. The van der Waals surface area contributed by atoms with Gasteiger partial charge >= 0.3 is 0 Å². The Morgan fingerprint density at radius 2 is 1.85 bits per heavy atom. The molecule has 4 heteroatoms. The number of benzene rings is 2. The Hall–Kier alpha value is -2.62. The minimum absolute atomic E-state index is 0.0173. The second kappa shape index (κ2) is 6.52. The van der Waals surface area contributed by atoms with Crippen LogP contribution in [0.15, 0.2) is 59.7 Å². The lowest BCUT2D eigenvalue weighted by Gasteiger charge is -2.10. The van der Waals surface area contributed by atoms with Gasteiger partial charge in [0.1, 0.15) is 0 Å². The zero-order valence-corrected chi connectivity index (χ0v) is 11.6. The third-order valence-electron chi connectivity index (χ3n) is 2.72. The van der Waals surface area contributed by atoms with Gasteiger partial charge in [-0.1, -0.05) is 30.3 Å². The van der Waals surface area contributed by atoms with Gasteiger partial charge in [-0.25, -0.2) is 0 Å². The number of carbonyl (C=O) groups is 1. The molecule has 0 aliphatic carbocycles. The molecule has 0 saturated heterocycles. The van der Waals surface area contributed by atoms with Crippen molar-refractivity contribution in [1.82, 2.24) is 4.90 Å². The number of para-hydroxylation sites is 1. The predicted molar refractivity (Wildman–Crippen MR) is 82.1 cm³/mol. The monoisotopic (exact) mass is 267 g/mol. The summed E-state index contributed by atoms with van der Waals surface area (Å²) >= 11 is 0. The second-order valence-corrected chi connectivity index (χ2v) is 4.56. The molecular weight excluding hydrogens is 250 g/mol. The van der Waals surface area contributed by atoms with E-state index in [1.54, 1.807) is 31.3 Å². The summed E-state index contributed by atoms with van der Waals surface area (Å²) in [7, 11) is 3.47. The largest absolute Gasteiger partial charge is 0.345 e. The lowest BCUT2D eigenvalue weighted by molar-refractivity contribution is 0.0827. The number of anilines is 1. The van der Waals surface area contributed by atoms with Gasteiger partial charge in [0, 0.05) is 19.7 Å². The number of carbonyl (C=O) groups excluding carboxylic acids is 1. The van der Waals surface area contributed by atoms with Crippen LogP contribution in [0.2, 0.25) is 0 Å². The smallest absolute Gasteiger partial charge is 0.253 e. The molecule has 2 aromatic carbocycles. The van der Waals surface area contributed by atoms with E-state index < -0.39 is 0 Å². The molecular formula is C16H17N3O. The highest BCUT2D eigenvalue weighted by atomic mass is 16.2. The quantitative estimate of drug-likeness (QED) is 0.684. The van der Waals surface area contributed by atoms with Crippen LogP contribution in [0.3, 0.4) is 0 Å². The van der Waals surface area contributed by atoms with Crippen LogP contribution in [0.4, 0.5) is 5.69 Å². The molecule has 0 saturated carbocycles. The molecule has 0 fully saturated rings. The highest BCUT2D eigenvalue weighted by Gasteiger charge is 2.07. The van der Waals surface area contributed by atoms with Gasteiger partial charge in [-0.05, 0) is 29.8 Å². The third kappa shape index (κ3) is 3.68. The van der Waals surface area contributed by atoms with E-state index in [2.05, 4.69) is 10.5 Å². The van der Waals surface area contributed by atoms with Crippen LogP contribution in [-0.2, 0) is 0 Å². The number of hydrazone groups is 1. The number of rotatable bonds is 4. The molecule has 4 nitrogen and oxygen atoms in total. The van der Waals surface area contributed by atoms with Gasteiger partial charge in [-0.3, -0.25) is 10.2 Å². The Labute approximate surface area is 118 Å². The Balaban J connectivity index is 2.06. The molecule has 0 bridgehead atoms.